The van der Waals surface area contributed by atoms with Crippen molar-refractivity contribution in [1.82, 2.24) is 4.90 Å². The summed E-state index contributed by atoms with van der Waals surface area (Å²) >= 11 is 19.6. The van der Waals surface area contributed by atoms with Gasteiger partial charge < -0.3 is 4.74 Å². The number of nitrogens with zero attached hydrogens (tertiary/aromatic N) is 1. The van der Waals surface area contributed by atoms with Crippen molar-refractivity contribution in [3.63, 3.8) is 0 Å². The molecule has 1 aliphatic heterocycles. The van der Waals surface area contributed by atoms with Crippen LogP contribution in [0.2, 0.25) is 0 Å². The molecule has 0 atom stereocenters. The van der Waals surface area contributed by atoms with Crippen molar-refractivity contribution in [3.8, 4) is 0 Å². The third kappa shape index (κ3) is 1.40. The van der Waals surface area contributed by atoms with Crippen molar-refractivity contribution in [2.24, 2.45) is 0 Å². The van der Waals surface area contributed by atoms with Crippen LogP contribution in [0.25, 0.3) is 291 Å². The number of benzene rings is 18. The molecule has 1 saturated heterocycles. The Morgan fingerprint density at radius 2 is 0.406 bits per heavy atom. The summed E-state index contributed by atoms with van der Waals surface area (Å²) in [5, 5.41) is 82.4. The largest absolute Gasteiger partial charge is 0.445 e. The van der Waals surface area contributed by atoms with Gasteiger partial charge >= 0.3 is 6.09 Å². The average molecular weight is 911 g/mol. The summed E-state index contributed by atoms with van der Waals surface area (Å²) in [6, 6.07) is 0. The van der Waals surface area contributed by atoms with Crippen LogP contribution >= 0.6 is 34.8 Å². The number of rotatable bonds is 1. The molecule has 28 aromatic rings. The highest BCUT2D eigenvalue weighted by Crippen LogP contribution is 2.90. The SMILES string of the molecule is O=C(OCC(Cl)(Cl)Cl)N1C23c4c5c6c7c8c9c(c%10c%11c2c2c4c4c%12c5c5c6c6c8c8c%13c9c9c%10c%10c%11c%11c2c2c4c4c%12c%12c5c5c6c8c6c8c%13c9c9c%10c%10c%11c2c2c4c4c%12c5c6c5c8c9c%10c2c45)C713. The maximum absolute atomic E-state index is 16.1. The summed E-state index contributed by atoms with van der Waals surface area (Å²) in [7, 11) is 0. The Morgan fingerprint density at radius 3 is 0.536 bits per heavy atom. The molecule has 1 fully saturated rings. The van der Waals surface area contributed by atoms with Crippen molar-refractivity contribution < 1.29 is 9.53 Å². The number of amides is 1. The first-order chi connectivity index (χ1) is 34.0. The molecule has 2 spiro atoms. The Hall–Kier alpha value is -7.40. The second-order valence-corrected chi connectivity index (χ2v) is 27.2. The minimum Gasteiger partial charge on any atom is -0.445 e. The molecule has 6 heteroatoms. The average Bonchev–Trinajstić information content (AvgIpc) is 4.28. The van der Waals surface area contributed by atoms with E-state index in [0.29, 0.717) is 0 Å². The lowest BCUT2D eigenvalue weighted by Gasteiger charge is -2.29. The normalized spacial score (nSPS) is 22.6. The van der Waals surface area contributed by atoms with Crippen LogP contribution in [0.5, 0.6) is 0 Å². The van der Waals surface area contributed by atoms with Crippen molar-refractivity contribution in [2.75, 3.05) is 6.61 Å². The van der Waals surface area contributed by atoms with Crippen molar-refractivity contribution in [3.05, 3.63) is 22.3 Å². The van der Waals surface area contributed by atoms with Gasteiger partial charge in [0.15, 0.2) is 0 Å². The van der Waals surface area contributed by atoms with Crippen molar-refractivity contribution >= 4 is 332 Å². The Labute approximate surface area is 387 Å². The second-order valence-electron chi connectivity index (χ2n) is 24.7. The lowest BCUT2D eigenvalue weighted by atomic mass is 9.68. The molecule has 1 heterocycles. The smallest absolute Gasteiger partial charge is 0.412 e. The third-order valence-electron chi connectivity index (χ3n) is 24.4. The molecule has 28 aromatic carbocycles. The molecular weight excluding hydrogens is 909 g/mol. The van der Waals surface area contributed by atoms with Crippen molar-refractivity contribution in [1.29, 1.82) is 0 Å². The molecule has 4 aliphatic carbocycles. The molecular formula is C63H2Cl3NO2. The van der Waals surface area contributed by atoms with Crippen molar-refractivity contribution in [2.45, 2.75) is 14.9 Å². The summed E-state index contributed by atoms with van der Waals surface area (Å²) in [6.45, 7) is -0.307. The lowest BCUT2D eigenvalue weighted by molar-refractivity contribution is 0.124. The fourth-order valence-corrected chi connectivity index (χ4v) is 24.6. The number of ether oxygens (including phenoxy) is 1. The Morgan fingerprint density at radius 1 is 0.275 bits per heavy atom. The number of hydrogen-bond acceptors (Lipinski definition) is 2. The van der Waals surface area contributed by atoms with Crippen LogP contribution in [0.4, 0.5) is 4.79 Å². The predicted octanol–water partition coefficient (Wildman–Crippen LogP) is 18.0. The molecule has 33 rings (SSSR count). The first-order valence-electron chi connectivity index (χ1n) is 24.8. The molecule has 0 unspecified atom stereocenters. The minimum absolute atomic E-state index is 0.307. The van der Waals surface area contributed by atoms with E-state index in [-0.39, 0.29) is 12.7 Å². The summed E-state index contributed by atoms with van der Waals surface area (Å²) in [4.78, 5) is 18.4. The van der Waals surface area contributed by atoms with Gasteiger partial charge in [-0.3, -0.25) is 4.90 Å². The van der Waals surface area contributed by atoms with Crippen LogP contribution in [-0.4, -0.2) is 21.4 Å². The number of carbonyl (C=O) groups is 1. The third-order valence-corrected chi connectivity index (χ3v) is 24.7. The van der Waals surface area contributed by atoms with E-state index in [2.05, 4.69) is 4.90 Å². The zero-order chi connectivity index (χ0) is 41.6. The van der Waals surface area contributed by atoms with E-state index in [1.54, 1.807) is 151 Å². The van der Waals surface area contributed by atoms with E-state index in [9.17, 15) is 0 Å². The zero-order valence-electron chi connectivity index (χ0n) is 34.1. The number of halogens is 3. The molecule has 3 nitrogen and oxygen atoms in total. The highest BCUT2D eigenvalue weighted by Gasteiger charge is 2.88. The van der Waals surface area contributed by atoms with E-state index < -0.39 is 14.9 Å². The molecule has 69 heavy (non-hydrogen) atoms. The van der Waals surface area contributed by atoms with Crippen LogP contribution in [0.3, 0.4) is 0 Å². The van der Waals surface area contributed by atoms with E-state index in [1.165, 1.54) is 162 Å². The first-order valence-corrected chi connectivity index (χ1v) is 25.9. The summed E-state index contributed by atoms with van der Waals surface area (Å²) in [5.41, 5.74) is 3.96. The molecule has 0 radical (unpaired) electrons. The van der Waals surface area contributed by atoms with Crippen LogP contribution in [0, 0.1) is 0 Å². The Bertz CT molecular complexity index is 6650. The summed E-state index contributed by atoms with van der Waals surface area (Å²) in [5.74, 6) is 0. The summed E-state index contributed by atoms with van der Waals surface area (Å²) in [6.07, 6.45) is -0.365. The standard InChI is InChI=1S/C63H2Cl3NO2/c64-61(65,66)1-69-60(68)67-62-56-48-40-30-20-12-4-2-3-6-10-8(4)16-24-18(10)28-22-14(6)15-7(3)11-9-5(2)13(12)21-27-17(9)25-19(11)29-23(15)33-32(22)42-36(28)46-38(24)44(34(40)26(16)20)52(56)54(46)58-50(42)51-43(33)37(29)47-39(25)45-35(27)41(31(21)30)49(48)57(62)53(45)55(47)59(51)63(58,62)67/h1H2. The van der Waals surface area contributed by atoms with Crippen LogP contribution < -0.4 is 0 Å². The molecule has 0 aromatic heterocycles. The lowest BCUT2D eigenvalue weighted by Crippen LogP contribution is -2.27. The molecule has 1 amide bonds. The van der Waals surface area contributed by atoms with Gasteiger partial charge in [0.1, 0.15) is 17.7 Å². The fraction of sp³-hybridized carbons (Fsp3) is 0.0635. The second kappa shape index (κ2) is 5.80. The van der Waals surface area contributed by atoms with Gasteiger partial charge in [-0.1, -0.05) is 34.8 Å². The molecule has 0 saturated carbocycles. The van der Waals surface area contributed by atoms with Crippen LogP contribution in [0.1, 0.15) is 22.3 Å². The molecule has 0 N–H and O–H groups in total. The fourth-order valence-electron chi connectivity index (χ4n) is 24.5. The van der Waals surface area contributed by atoms with Crippen LogP contribution in [0.15, 0.2) is 0 Å². The van der Waals surface area contributed by atoms with Gasteiger partial charge in [0.2, 0.25) is 3.79 Å². The van der Waals surface area contributed by atoms with Gasteiger partial charge in [-0.15, -0.1) is 0 Å². The summed E-state index contributed by atoms with van der Waals surface area (Å²) < 4.78 is 4.71. The zero-order valence-corrected chi connectivity index (χ0v) is 36.4. The minimum atomic E-state index is -1.74. The highest BCUT2D eigenvalue weighted by atomic mass is 35.6. The van der Waals surface area contributed by atoms with E-state index in [1.807, 2.05) is 0 Å². The number of alkyl halides is 3. The first kappa shape index (κ1) is 26.4. The molecule has 5 aliphatic rings. The van der Waals surface area contributed by atoms with E-state index >= 15 is 4.79 Å². The molecule has 292 valence electrons. The quantitative estimate of drug-likeness (QED) is 0.0933. The maximum Gasteiger partial charge on any atom is 0.412 e. The van der Waals surface area contributed by atoms with Gasteiger partial charge in [-0.05, 0) is 291 Å². The topological polar surface area (TPSA) is 29.3 Å². The number of carbonyl (C=O) groups excluding carboxylic acids is 1. The van der Waals surface area contributed by atoms with Gasteiger partial charge in [-0.25, -0.2) is 4.79 Å². The van der Waals surface area contributed by atoms with Gasteiger partial charge in [0, 0.05) is 22.3 Å². The Balaban J connectivity index is 1.16. The monoisotopic (exact) mass is 909 g/mol. The van der Waals surface area contributed by atoms with Gasteiger partial charge in [-0.2, -0.15) is 0 Å². The maximum atomic E-state index is 16.1. The molecule has 0 bridgehead atoms. The van der Waals surface area contributed by atoms with Gasteiger partial charge in [0.05, 0.1) is 0 Å². The van der Waals surface area contributed by atoms with E-state index in [4.69, 9.17) is 39.5 Å². The van der Waals surface area contributed by atoms with E-state index in [0.717, 1.165) is 0 Å². The predicted molar refractivity (Wildman–Crippen MR) is 287 cm³/mol. The van der Waals surface area contributed by atoms with Crippen LogP contribution in [-0.2, 0) is 15.8 Å². The number of hydrogen-bond donors (Lipinski definition) is 0. The highest BCUT2D eigenvalue weighted by molar-refractivity contribution is 6.82. The van der Waals surface area contributed by atoms with Gasteiger partial charge in [0.25, 0.3) is 0 Å². The Kier molecular flexibility index (Phi) is 2.22.